The number of sulfone groups is 1. The largest absolute Gasteiger partial charge is 0.417 e. The summed E-state index contributed by atoms with van der Waals surface area (Å²) in [6.07, 6.45) is -1.36. The summed E-state index contributed by atoms with van der Waals surface area (Å²) in [6, 6.07) is 8.03. The Morgan fingerprint density at radius 2 is 1.81 bits per heavy atom. The molecule has 1 aliphatic heterocycles. The van der Waals surface area contributed by atoms with E-state index in [4.69, 9.17) is 11.6 Å². The SMILES string of the molecule is C=CC(=O)N1CCN(c2nc(=O)n(-c3c(C4CC4)cccc3S(C)(=O)=O)c3nc(-c4c(Cl)cccc4C(F)(F)F)c(F)cc23)[C@@H](C)C1. The van der Waals surface area contributed by atoms with Gasteiger partial charge in [0.25, 0.3) is 0 Å². The molecule has 2 fully saturated rings. The zero-order valence-corrected chi connectivity index (χ0v) is 26.8. The highest BCUT2D eigenvalue weighted by Crippen LogP contribution is 2.46. The minimum atomic E-state index is -4.94. The summed E-state index contributed by atoms with van der Waals surface area (Å²) in [5, 5.41) is -0.479. The molecule has 0 spiro atoms. The Kier molecular flexibility index (Phi) is 8.15. The summed E-state index contributed by atoms with van der Waals surface area (Å²) in [5.74, 6) is -1.58. The van der Waals surface area contributed by atoms with Gasteiger partial charge in [0.2, 0.25) is 5.91 Å². The number of hydrogen-bond donors (Lipinski definition) is 0. The van der Waals surface area contributed by atoms with E-state index in [1.165, 1.54) is 18.2 Å². The topological polar surface area (TPSA) is 105 Å². The Bertz CT molecular complexity index is 2130. The van der Waals surface area contributed by atoms with E-state index in [1.54, 1.807) is 28.9 Å². The van der Waals surface area contributed by atoms with Crippen molar-refractivity contribution in [1.82, 2.24) is 19.4 Å². The van der Waals surface area contributed by atoms with E-state index in [-0.39, 0.29) is 58.9 Å². The van der Waals surface area contributed by atoms with Crippen molar-refractivity contribution in [1.29, 1.82) is 0 Å². The molecule has 0 unspecified atom stereocenters. The van der Waals surface area contributed by atoms with Gasteiger partial charge in [0.1, 0.15) is 17.3 Å². The fourth-order valence-corrected chi connectivity index (χ4v) is 7.26. The van der Waals surface area contributed by atoms with Crippen LogP contribution in [0.15, 0.2) is 64.8 Å². The molecular formula is C32H28ClF4N5O4S. The van der Waals surface area contributed by atoms with Gasteiger partial charge in [0.15, 0.2) is 15.5 Å². The van der Waals surface area contributed by atoms with E-state index in [2.05, 4.69) is 16.5 Å². The molecule has 1 saturated heterocycles. The number of amides is 1. The van der Waals surface area contributed by atoms with Crippen LogP contribution in [0.4, 0.5) is 23.4 Å². The number of carbonyl (C=O) groups is 1. The summed E-state index contributed by atoms with van der Waals surface area (Å²) in [4.78, 5) is 38.1. The number of carbonyl (C=O) groups excluding carboxylic acids is 1. The quantitative estimate of drug-likeness (QED) is 0.187. The molecule has 0 N–H and O–H groups in total. The van der Waals surface area contributed by atoms with Crippen LogP contribution in [0, 0.1) is 5.82 Å². The fraction of sp³-hybridized carbons (Fsp3) is 0.312. The van der Waals surface area contributed by atoms with E-state index in [9.17, 15) is 31.2 Å². The molecule has 4 aromatic rings. The van der Waals surface area contributed by atoms with Gasteiger partial charge in [-0.05, 0) is 61.6 Å². The number of fused-ring (bicyclic) bond motifs is 1. The lowest BCUT2D eigenvalue weighted by Crippen LogP contribution is -2.54. The highest BCUT2D eigenvalue weighted by Gasteiger charge is 2.37. The summed E-state index contributed by atoms with van der Waals surface area (Å²) in [7, 11) is -3.97. The molecule has 1 saturated carbocycles. The van der Waals surface area contributed by atoms with Crippen LogP contribution >= 0.6 is 11.6 Å². The van der Waals surface area contributed by atoms with Crippen LogP contribution in [-0.4, -0.2) is 65.7 Å². The predicted octanol–water partition coefficient (Wildman–Crippen LogP) is 5.76. The second kappa shape index (κ2) is 11.7. The predicted molar refractivity (Wildman–Crippen MR) is 169 cm³/mol. The Hall–Kier alpha value is -4.30. The Labute approximate surface area is 272 Å². The number of alkyl halides is 3. The minimum absolute atomic E-state index is 0.0163. The van der Waals surface area contributed by atoms with Gasteiger partial charge < -0.3 is 9.80 Å². The van der Waals surface area contributed by atoms with Gasteiger partial charge >= 0.3 is 11.9 Å². The van der Waals surface area contributed by atoms with Gasteiger partial charge in [-0.3, -0.25) is 4.79 Å². The lowest BCUT2D eigenvalue weighted by atomic mass is 10.0. The minimum Gasteiger partial charge on any atom is -0.350 e. The van der Waals surface area contributed by atoms with E-state index in [0.29, 0.717) is 18.4 Å². The van der Waals surface area contributed by atoms with E-state index < -0.39 is 55.4 Å². The van der Waals surface area contributed by atoms with Crippen LogP contribution < -0.4 is 10.6 Å². The van der Waals surface area contributed by atoms with Crippen LogP contribution in [0.5, 0.6) is 0 Å². The molecule has 2 aliphatic rings. The van der Waals surface area contributed by atoms with Gasteiger partial charge in [-0.25, -0.2) is 27.2 Å². The summed E-state index contributed by atoms with van der Waals surface area (Å²) in [5.41, 5.74) is -3.56. The Morgan fingerprint density at radius 1 is 1.11 bits per heavy atom. The highest BCUT2D eigenvalue weighted by atomic mass is 35.5. The normalized spacial score (nSPS) is 17.3. The molecule has 3 heterocycles. The van der Waals surface area contributed by atoms with Crippen molar-refractivity contribution >= 4 is 44.2 Å². The number of pyridine rings is 1. The third-order valence-corrected chi connectivity index (χ3v) is 9.86. The number of anilines is 1. The lowest BCUT2D eigenvalue weighted by molar-refractivity contribution is -0.137. The van der Waals surface area contributed by atoms with Gasteiger partial charge in [0.05, 0.1) is 26.6 Å². The lowest BCUT2D eigenvalue weighted by Gasteiger charge is -2.40. The van der Waals surface area contributed by atoms with Crippen molar-refractivity contribution in [2.75, 3.05) is 30.8 Å². The first-order chi connectivity index (χ1) is 22.1. The third kappa shape index (κ3) is 5.88. The second-order valence-electron chi connectivity index (χ2n) is 11.7. The number of aromatic nitrogens is 3. The van der Waals surface area contributed by atoms with Gasteiger partial charge in [-0.1, -0.05) is 36.4 Å². The van der Waals surface area contributed by atoms with Crippen LogP contribution in [0.3, 0.4) is 0 Å². The summed E-state index contributed by atoms with van der Waals surface area (Å²) in [6.45, 7) is 5.88. The zero-order chi connectivity index (χ0) is 34.0. The monoisotopic (exact) mass is 689 g/mol. The molecule has 2 aromatic heterocycles. The number of hydrogen-bond acceptors (Lipinski definition) is 7. The standard InChI is InChI=1S/C32H28ClF4N5O4S/c1-4-25(43)40-13-14-41(17(2)16-40)29-20-15-23(34)27(26-21(32(35,36)37)8-6-9-22(26)33)38-30(20)42(31(44)39-29)28-19(18-11-12-18)7-5-10-24(28)47(3,45)46/h4-10,15,17-18H,1,11-14,16H2,2-3H3/t17-/m0/s1. The van der Waals surface area contributed by atoms with Crippen molar-refractivity contribution in [3.63, 3.8) is 0 Å². The van der Waals surface area contributed by atoms with Crippen molar-refractivity contribution in [2.24, 2.45) is 0 Å². The molecule has 9 nitrogen and oxygen atoms in total. The van der Waals surface area contributed by atoms with E-state index in [0.717, 1.165) is 29.0 Å². The molecule has 1 atom stereocenters. The molecule has 6 rings (SSSR count). The molecule has 15 heteroatoms. The van der Waals surface area contributed by atoms with Crippen LogP contribution in [0.2, 0.25) is 5.02 Å². The average molecular weight is 690 g/mol. The molecule has 1 aliphatic carbocycles. The summed E-state index contributed by atoms with van der Waals surface area (Å²) >= 11 is 6.25. The third-order valence-electron chi connectivity index (χ3n) is 8.41. The molecule has 1 amide bonds. The maximum atomic E-state index is 16.2. The Morgan fingerprint density at radius 3 is 2.43 bits per heavy atom. The van der Waals surface area contributed by atoms with Gasteiger partial charge in [0, 0.05) is 37.5 Å². The maximum Gasteiger partial charge on any atom is 0.417 e. The molecule has 0 radical (unpaired) electrons. The number of rotatable bonds is 6. The fourth-order valence-electron chi connectivity index (χ4n) is 6.11. The number of halogens is 5. The highest BCUT2D eigenvalue weighted by molar-refractivity contribution is 7.90. The molecule has 246 valence electrons. The molecular weight excluding hydrogens is 662 g/mol. The van der Waals surface area contributed by atoms with Crippen LogP contribution in [0.25, 0.3) is 28.0 Å². The average Bonchev–Trinajstić information content (AvgIpc) is 3.85. The first kappa shape index (κ1) is 32.6. The van der Waals surface area contributed by atoms with Crippen molar-refractivity contribution in [3.8, 4) is 16.9 Å². The van der Waals surface area contributed by atoms with Gasteiger partial charge in [-0.15, -0.1) is 0 Å². The number of piperazine rings is 1. The zero-order valence-electron chi connectivity index (χ0n) is 25.2. The Balaban J connectivity index is 1.71. The number of benzene rings is 2. The second-order valence-corrected chi connectivity index (χ2v) is 14.1. The smallest absolute Gasteiger partial charge is 0.350 e. The first-order valence-corrected chi connectivity index (χ1v) is 16.9. The van der Waals surface area contributed by atoms with Crippen molar-refractivity contribution in [3.05, 3.63) is 87.6 Å². The van der Waals surface area contributed by atoms with Crippen LogP contribution in [-0.2, 0) is 20.8 Å². The number of para-hydroxylation sites is 1. The van der Waals surface area contributed by atoms with Crippen molar-refractivity contribution < 1.29 is 30.8 Å². The molecule has 47 heavy (non-hydrogen) atoms. The maximum absolute atomic E-state index is 16.2. The number of nitrogens with zero attached hydrogens (tertiary/aromatic N) is 5. The van der Waals surface area contributed by atoms with Crippen molar-refractivity contribution in [2.45, 2.75) is 42.8 Å². The van der Waals surface area contributed by atoms with Gasteiger partial charge in [-0.2, -0.15) is 18.2 Å². The van der Waals surface area contributed by atoms with E-state index in [1.807, 2.05) is 0 Å². The van der Waals surface area contributed by atoms with Crippen LogP contribution in [0.1, 0.15) is 36.8 Å². The molecule has 0 bridgehead atoms. The summed E-state index contributed by atoms with van der Waals surface area (Å²) < 4.78 is 85.8. The van der Waals surface area contributed by atoms with E-state index >= 15 is 4.39 Å². The molecule has 2 aromatic carbocycles. The first-order valence-electron chi connectivity index (χ1n) is 14.6.